The van der Waals surface area contributed by atoms with Crippen molar-refractivity contribution in [2.75, 3.05) is 6.54 Å². The lowest BCUT2D eigenvalue weighted by molar-refractivity contribution is -0.121. The van der Waals surface area contributed by atoms with E-state index >= 15 is 0 Å². The van der Waals surface area contributed by atoms with Crippen LogP contribution in [0.3, 0.4) is 0 Å². The number of hydrogen-bond donors (Lipinski definition) is 1. The molecular formula is C25H53NO2. The van der Waals surface area contributed by atoms with Gasteiger partial charge in [0, 0.05) is 27.2 Å². The molecular weight excluding hydrogens is 346 g/mol. The fourth-order valence-corrected chi connectivity index (χ4v) is 3.19. The third kappa shape index (κ3) is 25.1. The fourth-order valence-electron chi connectivity index (χ4n) is 3.19. The average molecular weight is 400 g/mol. The summed E-state index contributed by atoms with van der Waals surface area (Å²) in [5, 5.41) is 3.05. The van der Waals surface area contributed by atoms with Crippen LogP contribution in [0.5, 0.6) is 0 Å². The molecule has 1 amide bonds. The van der Waals surface area contributed by atoms with Gasteiger partial charge in [-0.1, -0.05) is 98.8 Å². The molecule has 0 radical (unpaired) electrons. The molecule has 3 nitrogen and oxygen atoms in total. The van der Waals surface area contributed by atoms with Crippen LogP contribution in [0.1, 0.15) is 139 Å². The van der Waals surface area contributed by atoms with Crippen molar-refractivity contribution < 1.29 is 11.0 Å². The summed E-state index contributed by atoms with van der Waals surface area (Å²) in [5.41, 5.74) is 0. The van der Waals surface area contributed by atoms with E-state index in [0.29, 0.717) is 18.6 Å². The molecule has 0 saturated heterocycles. The summed E-state index contributed by atoms with van der Waals surface area (Å²) in [5.74, 6) is 1.44. The van der Waals surface area contributed by atoms with Crippen LogP contribution < -0.4 is 5.32 Å². The van der Waals surface area contributed by atoms with E-state index in [1.807, 2.05) is 20.8 Å². The Balaban J connectivity index is -0.00000218. The number of unbranched alkanes of at least 4 members (excludes halogenated alkanes) is 10. The molecule has 3 heteroatoms. The summed E-state index contributed by atoms with van der Waals surface area (Å²) < 4.78 is 0. The van der Waals surface area contributed by atoms with E-state index in [0.717, 1.165) is 51.0 Å². The Kier molecular flexibility index (Phi) is 25.3. The lowest BCUT2D eigenvalue weighted by Crippen LogP contribution is -2.23. The molecule has 0 bridgehead atoms. The molecule has 0 saturated carbocycles. The molecule has 0 aromatic carbocycles. The predicted molar refractivity (Wildman–Crippen MR) is 126 cm³/mol. The highest BCUT2D eigenvalue weighted by atomic mass is 16.1. The fraction of sp³-hybridized carbons (Fsp3) is 0.920. The molecule has 0 aromatic heterocycles. The number of ketones is 1. The van der Waals surface area contributed by atoms with Gasteiger partial charge in [0.25, 0.3) is 0 Å². The Labute approximate surface area is 178 Å². The van der Waals surface area contributed by atoms with Crippen LogP contribution in [0, 0.1) is 5.92 Å². The van der Waals surface area contributed by atoms with Crippen molar-refractivity contribution in [1.82, 2.24) is 5.32 Å². The van der Waals surface area contributed by atoms with E-state index in [1.54, 1.807) is 0 Å². The van der Waals surface area contributed by atoms with Crippen molar-refractivity contribution in [2.45, 2.75) is 137 Å². The van der Waals surface area contributed by atoms with Crippen molar-refractivity contribution in [3.63, 3.8) is 0 Å². The third-order valence-corrected chi connectivity index (χ3v) is 5.03. The molecule has 0 spiro atoms. The predicted octanol–water partition coefficient (Wildman–Crippen LogP) is 7.86. The molecule has 0 aliphatic carbocycles. The van der Waals surface area contributed by atoms with Gasteiger partial charge in [-0.15, -0.1) is 0 Å². The highest BCUT2D eigenvalue weighted by Crippen LogP contribution is 2.11. The first-order chi connectivity index (χ1) is 13.6. The zero-order valence-electron chi connectivity index (χ0n) is 19.9. The Bertz CT molecular complexity index is 346. The van der Waals surface area contributed by atoms with Gasteiger partial charge in [0.05, 0.1) is 0 Å². The zero-order chi connectivity index (χ0) is 21.5. The highest BCUT2D eigenvalue weighted by molar-refractivity contribution is 5.77. The van der Waals surface area contributed by atoms with Gasteiger partial charge < -0.3 is 5.32 Å². The number of rotatable bonds is 19. The lowest BCUT2D eigenvalue weighted by Gasteiger charge is -2.06. The Hall–Kier alpha value is -0.860. The van der Waals surface area contributed by atoms with Crippen LogP contribution in [0.2, 0.25) is 0 Å². The van der Waals surface area contributed by atoms with Gasteiger partial charge in [-0.3, -0.25) is 9.59 Å². The first-order valence-corrected chi connectivity index (χ1v) is 12.3. The molecule has 170 valence electrons. The van der Waals surface area contributed by atoms with Crippen LogP contribution in [0.15, 0.2) is 0 Å². The number of Topliss-reactive ketones (excluding diaryl/α,β-unsaturated/α-hetero) is 1. The van der Waals surface area contributed by atoms with Crippen LogP contribution in [0.25, 0.3) is 0 Å². The Morgan fingerprint density at radius 3 is 1.71 bits per heavy atom. The normalized spacial score (nSPS) is 10.5. The zero-order valence-corrected chi connectivity index (χ0v) is 19.9. The van der Waals surface area contributed by atoms with Gasteiger partial charge >= 0.3 is 0 Å². The summed E-state index contributed by atoms with van der Waals surface area (Å²) in [6, 6.07) is 0. The molecule has 0 aliphatic heterocycles. The average Bonchev–Trinajstić information content (AvgIpc) is 2.69. The van der Waals surface area contributed by atoms with Crippen LogP contribution in [0.4, 0.5) is 0 Å². The topological polar surface area (TPSA) is 46.2 Å². The number of carbonyl (C=O) groups excluding carboxylic acids is 2. The van der Waals surface area contributed by atoms with E-state index < -0.39 is 0 Å². The quantitative estimate of drug-likeness (QED) is 0.225. The molecule has 0 fully saturated rings. The maximum absolute atomic E-state index is 11.8. The first-order valence-electron chi connectivity index (χ1n) is 12.3. The van der Waals surface area contributed by atoms with Gasteiger partial charge in [0.2, 0.25) is 5.91 Å². The molecule has 0 aliphatic rings. The minimum absolute atomic E-state index is 0. The van der Waals surface area contributed by atoms with E-state index in [-0.39, 0.29) is 7.33 Å². The van der Waals surface area contributed by atoms with Crippen molar-refractivity contribution in [2.24, 2.45) is 5.92 Å². The van der Waals surface area contributed by atoms with Crippen LogP contribution >= 0.6 is 0 Å². The van der Waals surface area contributed by atoms with E-state index in [2.05, 4.69) is 19.2 Å². The monoisotopic (exact) mass is 399 g/mol. The van der Waals surface area contributed by atoms with Gasteiger partial charge in [0.1, 0.15) is 5.78 Å². The summed E-state index contributed by atoms with van der Waals surface area (Å²) in [6.45, 7) is 11.4. The van der Waals surface area contributed by atoms with Crippen molar-refractivity contribution in [3.05, 3.63) is 0 Å². The maximum atomic E-state index is 11.8. The smallest absolute Gasteiger partial charge is 0.219 e. The number of carbonyl (C=O) groups is 2. The number of amides is 1. The molecule has 0 unspecified atom stereocenters. The second-order valence-corrected chi connectivity index (χ2v) is 8.17. The van der Waals surface area contributed by atoms with Crippen LogP contribution in [-0.4, -0.2) is 18.2 Å². The largest absolute Gasteiger partial charge is 0.356 e. The van der Waals surface area contributed by atoms with Crippen LogP contribution in [-0.2, 0) is 9.59 Å². The van der Waals surface area contributed by atoms with E-state index in [9.17, 15) is 9.59 Å². The third-order valence-electron chi connectivity index (χ3n) is 5.03. The molecule has 0 rings (SSSR count). The van der Waals surface area contributed by atoms with Crippen molar-refractivity contribution in [3.8, 4) is 0 Å². The molecule has 0 aromatic rings. The highest BCUT2D eigenvalue weighted by Gasteiger charge is 2.01. The Morgan fingerprint density at radius 2 is 1.18 bits per heavy atom. The molecule has 0 heterocycles. The van der Waals surface area contributed by atoms with E-state index in [1.165, 1.54) is 51.4 Å². The SMILES string of the molecule is CC.CCC(=O)CCCCCCCCC(=O)NCCCCCCCCC(C)C.[HH]. The van der Waals surface area contributed by atoms with Gasteiger partial charge in [-0.05, 0) is 25.2 Å². The van der Waals surface area contributed by atoms with Crippen molar-refractivity contribution in [1.29, 1.82) is 0 Å². The molecule has 28 heavy (non-hydrogen) atoms. The summed E-state index contributed by atoms with van der Waals surface area (Å²) in [4.78, 5) is 23.0. The van der Waals surface area contributed by atoms with E-state index in [4.69, 9.17) is 0 Å². The van der Waals surface area contributed by atoms with Gasteiger partial charge in [-0.2, -0.15) is 0 Å². The van der Waals surface area contributed by atoms with Gasteiger partial charge in [0.15, 0.2) is 0 Å². The standard InChI is InChI=1S/C23H45NO2.C2H6.H2/c1-4-22(25)18-14-10-5-6-11-15-19-23(26)24-20-16-12-8-7-9-13-17-21(2)3;1-2;/h21H,4-20H2,1-3H3,(H,24,26);1-2H3;1H. The second-order valence-electron chi connectivity index (χ2n) is 8.17. The Morgan fingerprint density at radius 1 is 0.714 bits per heavy atom. The molecule has 0 atom stereocenters. The number of nitrogens with one attached hydrogen (secondary N) is 1. The summed E-state index contributed by atoms with van der Waals surface area (Å²) in [6.07, 6.45) is 17.9. The first kappa shape index (κ1) is 29.3. The second kappa shape index (κ2) is 24.2. The summed E-state index contributed by atoms with van der Waals surface area (Å²) in [7, 11) is 0. The van der Waals surface area contributed by atoms with Gasteiger partial charge in [-0.25, -0.2) is 0 Å². The van der Waals surface area contributed by atoms with Crippen molar-refractivity contribution >= 4 is 11.7 Å². The lowest BCUT2D eigenvalue weighted by atomic mass is 10.0. The minimum Gasteiger partial charge on any atom is -0.356 e. The summed E-state index contributed by atoms with van der Waals surface area (Å²) >= 11 is 0. The maximum Gasteiger partial charge on any atom is 0.219 e. The molecule has 1 N–H and O–H groups in total. The minimum atomic E-state index is 0. The number of hydrogen-bond acceptors (Lipinski definition) is 2.